The number of pyridine rings is 1. The van der Waals surface area contributed by atoms with Crippen LogP contribution in [0.25, 0.3) is 0 Å². The second-order valence-electron chi connectivity index (χ2n) is 7.43. The van der Waals surface area contributed by atoms with Gasteiger partial charge in [-0.2, -0.15) is 0 Å². The molecular formula is C20H26N2O2. The van der Waals surface area contributed by atoms with Crippen molar-refractivity contribution >= 4 is 5.91 Å². The largest absolute Gasteiger partial charge is 0.478 e. The van der Waals surface area contributed by atoms with Crippen LogP contribution in [0, 0.1) is 0 Å². The van der Waals surface area contributed by atoms with E-state index in [1.54, 1.807) is 26.2 Å². The maximum absolute atomic E-state index is 12.4. The van der Waals surface area contributed by atoms with Gasteiger partial charge in [-0.25, -0.2) is 0 Å². The van der Waals surface area contributed by atoms with Crippen LogP contribution in [0.5, 0.6) is 5.75 Å². The molecule has 2 rings (SSSR count). The van der Waals surface area contributed by atoms with E-state index in [4.69, 9.17) is 4.74 Å². The van der Waals surface area contributed by atoms with Crippen LogP contribution in [0.15, 0.2) is 48.8 Å². The summed E-state index contributed by atoms with van der Waals surface area (Å²) < 4.78 is 5.89. The molecule has 0 aliphatic heterocycles. The number of rotatable bonds is 5. The highest BCUT2D eigenvalue weighted by atomic mass is 16.5. The molecule has 1 amide bonds. The van der Waals surface area contributed by atoms with Crippen LogP contribution in [0.3, 0.4) is 0 Å². The number of carbonyl (C=O) groups excluding carboxylic acids is 1. The molecule has 0 aliphatic rings. The Morgan fingerprint density at radius 2 is 1.75 bits per heavy atom. The molecule has 0 fully saturated rings. The predicted octanol–water partition coefficient (Wildman–Crippen LogP) is 3.85. The van der Waals surface area contributed by atoms with Gasteiger partial charge in [0.25, 0.3) is 5.91 Å². The van der Waals surface area contributed by atoms with Gasteiger partial charge in [-0.1, -0.05) is 39.0 Å². The van der Waals surface area contributed by atoms with Crippen LogP contribution in [0.1, 0.15) is 45.7 Å². The summed E-state index contributed by atoms with van der Waals surface area (Å²) in [7, 11) is 0. The Morgan fingerprint density at radius 3 is 2.29 bits per heavy atom. The number of nitrogens with zero attached hydrogens (tertiary/aromatic N) is 1. The summed E-state index contributed by atoms with van der Waals surface area (Å²) in [5.74, 6) is 0.524. The van der Waals surface area contributed by atoms with Gasteiger partial charge in [0, 0.05) is 18.9 Å². The minimum absolute atomic E-state index is 0.0924. The molecule has 0 radical (unpaired) electrons. The van der Waals surface area contributed by atoms with Gasteiger partial charge in [0.2, 0.25) is 0 Å². The van der Waals surface area contributed by atoms with Crippen molar-refractivity contribution in [3.05, 3.63) is 59.9 Å². The van der Waals surface area contributed by atoms with Crippen LogP contribution < -0.4 is 10.1 Å². The van der Waals surface area contributed by atoms with Gasteiger partial charge < -0.3 is 10.1 Å². The van der Waals surface area contributed by atoms with Crippen LogP contribution in [0.2, 0.25) is 0 Å². The van der Waals surface area contributed by atoms with Crippen molar-refractivity contribution < 1.29 is 9.53 Å². The highest BCUT2D eigenvalue weighted by molar-refractivity contribution is 5.84. The van der Waals surface area contributed by atoms with Crippen LogP contribution in [0.4, 0.5) is 0 Å². The summed E-state index contributed by atoms with van der Waals surface area (Å²) in [6, 6.07) is 11.7. The molecule has 0 atom stereocenters. The summed E-state index contributed by atoms with van der Waals surface area (Å²) in [4.78, 5) is 16.5. The van der Waals surface area contributed by atoms with E-state index in [1.165, 1.54) is 5.56 Å². The molecular weight excluding hydrogens is 300 g/mol. The van der Waals surface area contributed by atoms with E-state index in [0.717, 1.165) is 5.56 Å². The monoisotopic (exact) mass is 326 g/mol. The number of hydrogen-bond acceptors (Lipinski definition) is 3. The first-order valence-corrected chi connectivity index (χ1v) is 8.15. The molecule has 1 heterocycles. The zero-order valence-electron chi connectivity index (χ0n) is 15.1. The molecule has 1 aromatic heterocycles. The number of aromatic nitrogens is 1. The normalized spacial score (nSPS) is 11.9. The first-order valence-electron chi connectivity index (χ1n) is 8.15. The summed E-state index contributed by atoms with van der Waals surface area (Å²) >= 11 is 0. The van der Waals surface area contributed by atoms with E-state index < -0.39 is 5.60 Å². The smallest absolute Gasteiger partial charge is 0.263 e. The van der Waals surface area contributed by atoms with Gasteiger partial charge in [-0.05, 0) is 48.6 Å². The Hall–Kier alpha value is -2.36. The number of carbonyl (C=O) groups is 1. The van der Waals surface area contributed by atoms with Crippen LogP contribution >= 0.6 is 0 Å². The number of ether oxygens (including phenoxy) is 1. The first-order chi connectivity index (χ1) is 11.2. The fraction of sp³-hybridized carbons (Fsp3) is 0.400. The van der Waals surface area contributed by atoms with Crippen molar-refractivity contribution in [3.8, 4) is 5.75 Å². The predicted molar refractivity (Wildman–Crippen MR) is 95.9 cm³/mol. The standard InChI is InChI=1S/C20H26N2O2/c1-19(2,3)16-8-10-17(11-9-16)24-20(4,5)18(23)22-14-15-7-6-12-21-13-15/h6-13H,14H2,1-5H3,(H,22,23). The molecule has 24 heavy (non-hydrogen) atoms. The SMILES string of the molecule is CC(C)(Oc1ccc(C(C)(C)C)cc1)C(=O)NCc1cccnc1. The third kappa shape index (κ3) is 4.82. The fourth-order valence-corrected chi connectivity index (χ4v) is 2.26. The van der Waals surface area contributed by atoms with Crippen molar-refractivity contribution in [1.29, 1.82) is 0 Å². The van der Waals surface area contributed by atoms with E-state index in [2.05, 4.69) is 31.1 Å². The summed E-state index contributed by atoms with van der Waals surface area (Å²) in [6.07, 6.45) is 3.44. The third-order valence-corrected chi connectivity index (χ3v) is 3.82. The van der Waals surface area contributed by atoms with E-state index >= 15 is 0 Å². The van der Waals surface area contributed by atoms with E-state index in [-0.39, 0.29) is 11.3 Å². The van der Waals surface area contributed by atoms with Gasteiger partial charge in [0.05, 0.1) is 0 Å². The Balaban J connectivity index is 1.98. The van der Waals surface area contributed by atoms with Gasteiger partial charge in [-0.3, -0.25) is 9.78 Å². The second-order valence-corrected chi connectivity index (χ2v) is 7.43. The average Bonchev–Trinajstić information content (AvgIpc) is 2.53. The number of benzene rings is 1. The summed E-state index contributed by atoms with van der Waals surface area (Å²) in [5, 5.41) is 2.89. The van der Waals surface area contributed by atoms with Crippen LogP contribution in [-0.4, -0.2) is 16.5 Å². The lowest BCUT2D eigenvalue weighted by Crippen LogP contribution is -2.46. The van der Waals surface area contributed by atoms with Crippen molar-refractivity contribution in [3.63, 3.8) is 0 Å². The topological polar surface area (TPSA) is 51.2 Å². The van der Waals surface area contributed by atoms with Gasteiger partial charge in [0.15, 0.2) is 5.60 Å². The summed E-state index contributed by atoms with van der Waals surface area (Å²) in [5.41, 5.74) is 1.32. The van der Waals surface area contributed by atoms with Gasteiger partial charge >= 0.3 is 0 Å². The number of hydrogen-bond donors (Lipinski definition) is 1. The Bertz CT molecular complexity index is 671. The van der Waals surface area contributed by atoms with Gasteiger partial charge in [-0.15, -0.1) is 0 Å². The minimum atomic E-state index is -0.953. The van der Waals surface area contributed by atoms with Crippen LogP contribution in [-0.2, 0) is 16.8 Å². The van der Waals surface area contributed by atoms with Crippen molar-refractivity contribution in [1.82, 2.24) is 10.3 Å². The zero-order chi connectivity index (χ0) is 17.8. The van der Waals surface area contributed by atoms with E-state index in [9.17, 15) is 4.79 Å². The lowest BCUT2D eigenvalue weighted by Gasteiger charge is -2.26. The molecule has 0 unspecified atom stereocenters. The highest BCUT2D eigenvalue weighted by Gasteiger charge is 2.29. The Kier molecular flexibility index (Phi) is 5.27. The maximum atomic E-state index is 12.4. The van der Waals surface area contributed by atoms with Gasteiger partial charge in [0.1, 0.15) is 5.75 Å². The van der Waals surface area contributed by atoms with E-state index in [0.29, 0.717) is 12.3 Å². The second kappa shape index (κ2) is 7.04. The molecule has 0 saturated heterocycles. The average molecular weight is 326 g/mol. The molecule has 4 heteroatoms. The molecule has 0 saturated carbocycles. The summed E-state index contributed by atoms with van der Waals surface area (Å²) in [6.45, 7) is 10.5. The fourth-order valence-electron chi connectivity index (χ4n) is 2.26. The molecule has 1 aromatic carbocycles. The number of amides is 1. The Labute approximate surface area is 144 Å². The molecule has 2 aromatic rings. The van der Waals surface area contributed by atoms with Crippen molar-refractivity contribution in [2.75, 3.05) is 0 Å². The first kappa shape index (κ1) is 18.0. The van der Waals surface area contributed by atoms with Crippen molar-refractivity contribution in [2.24, 2.45) is 0 Å². The maximum Gasteiger partial charge on any atom is 0.263 e. The molecule has 4 nitrogen and oxygen atoms in total. The highest BCUT2D eigenvalue weighted by Crippen LogP contribution is 2.26. The van der Waals surface area contributed by atoms with E-state index in [1.807, 2.05) is 36.4 Å². The molecule has 1 N–H and O–H groups in total. The molecule has 0 aliphatic carbocycles. The molecule has 0 spiro atoms. The lowest BCUT2D eigenvalue weighted by atomic mass is 9.87. The lowest BCUT2D eigenvalue weighted by molar-refractivity contribution is -0.134. The Morgan fingerprint density at radius 1 is 1.08 bits per heavy atom. The minimum Gasteiger partial charge on any atom is -0.478 e. The molecule has 128 valence electrons. The zero-order valence-corrected chi connectivity index (χ0v) is 15.1. The molecule has 0 bridgehead atoms. The van der Waals surface area contributed by atoms with Crippen molar-refractivity contribution in [2.45, 2.75) is 52.2 Å². The quantitative estimate of drug-likeness (QED) is 0.908. The number of nitrogens with one attached hydrogen (secondary N) is 1. The third-order valence-electron chi connectivity index (χ3n) is 3.82.